The highest BCUT2D eigenvalue weighted by molar-refractivity contribution is 7.98. The van der Waals surface area contributed by atoms with Crippen molar-refractivity contribution in [3.63, 3.8) is 0 Å². The van der Waals surface area contributed by atoms with E-state index in [0.717, 1.165) is 42.1 Å². The maximum Gasteiger partial charge on any atom is 0.173 e. The molecule has 5 nitrogen and oxygen atoms in total. The number of anilines is 1. The molecule has 2 unspecified atom stereocenters. The van der Waals surface area contributed by atoms with Gasteiger partial charge in [-0.3, -0.25) is 0 Å². The van der Waals surface area contributed by atoms with Crippen LogP contribution in [0, 0.1) is 0 Å². The Morgan fingerprint density at radius 3 is 3.10 bits per heavy atom. The topological polar surface area (TPSA) is 71.1 Å². The summed E-state index contributed by atoms with van der Waals surface area (Å²) in [7, 11) is 0. The van der Waals surface area contributed by atoms with Gasteiger partial charge in [-0.05, 0) is 37.7 Å². The number of hydrogen-bond donors (Lipinski definition) is 2. The Hall–Kier alpha value is -1.40. The number of hydrogen-bond acceptors (Lipinski definition) is 5. The Bertz CT molecular complexity index is 550. The molecule has 0 spiro atoms. The van der Waals surface area contributed by atoms with Crippen LogP contribution >= 0.6 is 11.8 Å². The van der Waals surface area contributed by atoms with Gasteiger partial charge < -0.3 is 20.6 Å². The SMILES string of the molecule is CSc1cccc(N2CCOC3CCCC32)c1/C(N)=N/O. The second-order valence-electron chi connectivity index (χ2n) is 5.44. The summed E-state index contributed by atoms with van der Waals surface area (Å²) >= 11 is 1.61. The van der Waals surface area contributed by atoms with Gasteiger partial charge in [0.2, 0.25) is 0 Å². The molecule has 114 valence electrons. The Kier molecular flexibility index (Phi) is 4.26. The quantitative estimate of drug-likeness (QED) is 0.295. The van der Waals surface area contributed by atoms with Gasteiger partial charge in [0.1, 0.15) is 0 Å². The molecule has 1 aromatic rings. The predicted molar refractivity (Wildman–Crippen MR) is 85.5 cm³/mol. The van der Waals surface area contributed by atoms with Crippen molar-refractivity contribution in [2.45, 2.75) is 36.3 Å². The number of rotatable bonds is 3. The smallest absolute Gasteiger partial charge is 0.173 e. The second kappa shape index (κ2) is 6.15. The highest BCUT2D eigenvalue weighted by atomic mass is 32.2. The van der Waals surface area contributed by atoms with Crippen LogP contribution in [0.15, 0.2) is 28.3 Å². The van der Waals surface area contributed by atoms with E-state index < -0.39 is 0 Å². The zero-order valence-electron chi connectivity index (χ0n) is 12.2. The second-order valence-corrected chi connectivity index (χ2v) is 6.29. The summed E-state index contributed by atoms with van der Waals surface area (Å²) in [5.41, 5.74) is 7.83. The summed E-state index contributed by atoms with van der Waals surface area (Å²) in [6, 6.07) is 6.51. The van der Waals surface area contributed by atoms with Crippen molar-refractivity contribution in [3.05, 3.63) is 23.8 Å². The summed E-state index contributed by atoms with van der Waals surface area (Å²) in [5, 5.41) is 12.4. The largest absolute Gasteiger partial charge is 0.409 e. The van der Waals surface area contributed by atoms with Gasteiger partial charge in [0.05, 0.1) is 24.3 Å². The van der Waals surface area contributed by atoms with Crippen LogP contribution in [0.3, 0.4) is 0 Å². The number of oxime groups is 1. The number of nitrogens with zero attached hydrogens (tertiary/aromatic N) is 2. The lowest BCUT2D eigenvalue weighted by atomic mass is 10.1. The van der Waals surface area contributed by atoms with E-state index in [2.05, 4.69) is 16.1 Å². The molecule has 0 bridgehead atoms. The first-order valence-corrected chi connectivity index (χ1v) is 8.52. The fourth-order valence-electron chi connectivity index (χ4n) is 3.46. The maximum atomic E-state index is 9.13. The van der Waals surface area contributed by atoms with E-state index in [1.807, 2.05) is 18.4 Å². The highest BCUT2D eigenvalue weighted by Crippen LogP contribution is 2.37. The summed E-state index contributed by atoms with van der Waals surface area (Å²) < 4.78 is 5.88. The normalized spacial score (nSPS) is 26.0. The summed E-state index contributed by atoms with van der Waals surface area (Å²) in [5.74, 6) is 0.177. The standard InChI is InChI=1S/C15H21N3O2S/c1-21-13-7-3-5-11(14(13)15(16)17-19)18-8-9-20-12-6-2-4-10(12)18/h3,5,7,10,12,19H,2,4,6,8-9H2,1H3,(H2,16,17). The lowest BCUT2D eigenvalue weighted by Crippen LogP contribution is -2.49. The van der Waals surface area contributed by atoms with Gasteiger partial charge in [0.25, 0.3) is 0 Å². The fourth-order valence-corrected chi connectivity index (χ4v) is 4.09. The molecule has 1 saturated carbocycles. The first kappa shape index (κ1) is 14.5. The van der Waals surface area contributed by atoms with Gasteiger partial charge in [0, 0.05) is 17.1 Å². The predicted octanol–water partition coefficient (Wildman–Crippen LogP) is 2.26. The first-order valence-electron chi connectivity index (χ1n) is 7.29. The van der Waals surface area contributed by atoms with Crippen LogP contribution in [-0.4, -0.2) is 42.6 Å². The van der Waals surface area contributed by atoms with Crippen molar-refractivity contribution >= 4 is 23.3 Å². The van der Waals surface area contributed by atoms with Crippen LogP contribution in [0.25, 0.3) is 0 Å². The number of morpholine rings is 1. The van der Waals surface area contributed by atoms with E-state index in [4.69, 9.17) is 15.7 Å². The Morgan fingerprint density at radius 2 is 2.33 bits per heavy atom. The van der Waals surface area contributed by atoms with Gasteiger partial charge in [-0.2, -0.15) is 0 Å². The van der Waals surface area contributed by atoms with Crippen LogP contribution in [0.4, 0.5) is 5.69 Å². The van der Waals surface area contributed by atoms with Crippen LogP contribution in [0.2, 0.25) is 0 Å². The average Bonchev–Trinajstić information content (AvgIpc) is 3.01. The average molecular weight is 307 g/mol. The molecule has 0 aromatic heterocycles. The summed E-state index contributed by atoms with van der Waals surface area (Å²) in [6.07, 6.45) is 5.79. The number of thioether (sulfide) groups is 1. The fraction of sp³-hybridized carbons (Fsp3) is 0.533. The van der Waals surface area contributed by atoms with Crippen LogP contribution in [-0.2, 0) is 4.74 Å². The Labute approximate surface area is 129 Å². The van der Waals surface area contributed by atoms with Crippen molar-refractivity contribution in [1.82, 2.24) is 0 Å². The van der Waals surface area contributed by atoms with Gasteiger partial charge in [-0.1, -0.05) is 11.2 Å². The third-order valence-electron chi connectivity index (χ3n) is 4.38. The molecule has 1 aliphatic carbocycles. The molecule has 3 rings (SSSR count). The van der Waals surface area contributed by atoms with Crippen LogP contribution in [0.5, 0.6) is 0 Å². The van der Waals surface area contributed by atoms with Gasteiger partial charge >= 0.3 is 0 Å². The third kappa shape index (κ3) is 2.58. The Balaban J connectivity index is 2.05. The Morgan fingerprint density at radius 1 is 1.48 bits per heavy atom. The molecule has 21 heavy (non-hydrogen) atoms. The van der Waals surface area contributed by atoms with E-state index in [-0.39, 0.29) is 5.84 Å². The van der Waals surface area contributed by atoms with E-state index in [1.165, 1.54) is 6.42 Å². The minimum atomic E-state index is 0.177. The van der Waals surface area contributed by atoms with Crippen molar-refractivity contribution < 1.29 is 9.94 Å². The highest BCUT2D eigenvalue weighted by Gasteiger charge is 2.37. The molecule has 1 aromatic carbocycles. The number of nitrogens with two attached hydrogens (primary N) is 1. The molecule has 2 aliphatic rings. The molecule has 1 saturated heterocycles. The maximum absolute atomic E-state index is 9.13. The van der Waals surface area contributed by atoms with Crippen LogP contribution in [0.1, 0.15) is 24.8 Å². The lowest BCUT2D eigenvalue weighted by Gasteiger charge is -2.40. The molecule has 1 aliphatic heterocycles. The minimum Gasteiger partial charge on any atom is -0.409 e. The molecule has 3 N–H and O–H groups in total. The molecular weight excluding hydrogens is 286 g/mol. The molecule has 6 heteroatoms. The van der Waals surface area contributed by atoms with E-state index in [9.17, 15) is 0 Å². The molecule has 1 heterocycles. The monoisotopic (exact) mass is 307 g/mol. The van der Waals surface area contributed by atoms with Crippen molar-refractivity contribution in [2.75, 3.05) is 24.3 Å². The molecule has 0 radical (unpaired) electrons. The zero-order chi connectivity index (χ0) is 14.8. The lowest BCUT2D eigenvalue weighted by molar-refractivity contribution is 0.0256. The summed E-state index contributed by atoms with van der Waals surface area (Å²) in [6.45, 7) is 1.59. The number of amidine groups is 1. The van der Waals surface area contributed by atoms with E-state index >= 15 is 0 Å². The van der Waals surface area contributed by atoms with E-state index in [0.29, 0.717) is 12.1 Å². The molecule has 2 atom stereocenters. The number of fused-ring (bicyclic) bond motifs is 1. The van der Waals surface area contributed by atoms with E-state index in [1.54, 1.807) is 11.8 Å². The van der Waals surface area contributed by atoms with Crippen molar-refractivity contribution in [1.29, 1.82) is 0 Å². The van der Waals surface area contributed by atoms with Crippen molar-refractivity contribution in [3.8, 4) is 0 Å². The van der Waals surface area contributed by atoms with Crippen molar-refractivity contribution in [2.24, 2.45) is 10.9 Å². The third-order valence-corrected chi connectivity index (χ3v) is 5.16. The first-order chi connectivity index (χ1) is 10.3. The van der Waals surface area contributed by atoms with Gasteiger partial charge in [-0.25, -0.2) is 0 Å². The minimum absolute atomic E-state index is 0.177. The molecule has 2 fully saturated rings. The summed E-state index contributed by atoms with van der Waals surface area (Å²) in [4.78, 5) is 3.41. The number of ether oxygens (including phenoxy) is 1. The zero-order valence-corrected chi connectivity index (χ0v) is 13.0. The van der Waals surface area contributed by atoms with Gasteiger partial charge in [0.15, 0.2) is 5.84 Å². The molecular formula is C15H21N3O2S. The number of benzene rings is 1. The van der Waals surface area contributed by atoms with Gasteiger partial charge in [-0.15, -0.1) is 11.8 Å². The molecule has 0 amide bonds. The van der Waals surface area contributed by atoms with Crippen LogP contribution < -0.4 is 10.6 Å².